The molecule has 1 aromatic carbocycles. The second-order valence-electron chi connectivity index (χ2n) is 5.13. The minimum atomic E-state index is -4.49. The van der Waals surface area contributed by atoms with Crippen molar-refractivity contribution in [3.05, 3.63) is 34.3 Å². The topological polar surface area (TPSA) is 24.9 Å². The molecule has 6 heteroatoms. The maximum absolute atomic E-state index is 13.2. The third kappa shape index (κ3) is 3.23. The maximum Gasteiger partial charge on any atom is 0.418 e. The van der Waals surface area contributed by atoms with Gasteiger partial charge in [0.25, 0.3) is 0 Å². The Hall–Kier alpha value is -1.49. The zero-order valence-electron chi connectivity index (χ0n) is 12.0. The molecule has 0 atom stereocenters. The monoisotopic (exact) mass is 316 g/mol. The van der Waals surface area contributed by atoms with Gasteiger partial charge in [-0.2, -0.15) is 13.2 Å². The predicted molar refractivity (Wildman–Crippen MR) is 80.0 cm³/mol. The number of pyridine rings is 1. The fourth-order valence-corrected chi connectivity index (χ4v) is 2.46. The minimum Gasteiger partial charge on any atom is -0.370 e. The Morgan fingerprint density at radius 1 is 1.24 bits per heavy atom. The summed E-state index contributed by atoms with van der Waals surface area (Å²) in [7, 11) is 0. The molecule has 0 saturated heterocycles. The Labute approximate surface area is 126 Å². The van der Waals surface area contributed by atoms with E-state index in [1.807, 2.05) is 20.8 Å². The van der Waals surface area contributed by atoms with Crippen molar-refractivity contribution in [3.8, 4) is 0 Å². The molecule has 0 bridgehead atoms. The Bertz CT molecular complexity index is 666. The summed E-state index contributed by atoms with van der Waals surface area (Å²) in [4.78, 5) is 4.20. The lowest BCUT2D eigenvalue weighted by molar-refractivity contribution is -0.136. The molecule has 0 aliphatic heterocycles. The van der Waals surface area contributed by atoms with Crippen molar-refractivity contribution in [2.24, 2.45) is 0 Å². The summed E-state index contributed by atoms with van der Waals surface area (Å²) >= 11 is 5.82. The molecule has 1 aromatic heterocycles. The average molecular weight is 317 g/mol. The van der Waals surface area contributed by atoms with Crippen LogP contribution >= 0.6 is 11.6 Å². The van der Waals surface area contributed by atoms with Gasteiger partial charge in [-0.25, -0.2) is 4.98 Å². The number of alkyl halides is 3. The number of fused-ring (bicyclic) bond motifs is 1. The number of anilines is 1. The van der Waals surface area contributed by atoms with E-state index >= 15 is 0 Å². The quantitative estimate of drug-likeness (QED) is 0.813. The first-order valence-electron chi connectivity index (χ1n) is 6.69. The molecule has 0 unspecified atom stereocenters. The van der Waals surface area contributed by atoms with Crippen molar-refractivity contribution in [2.45, 2.75) is 32.9 Å². The number of hydrogen-bond acceptors (Lipinski definition) is 2. The second-order valence-corrected chi connectivity index (χ2v) is 5.57. The van der Waals surface area contributed by atoms with E-state index in [0.717, 1.165) is 11.6 Å². The molecule has 2 aromatic rings. The van der Waals surface area contributed by atoms with Crippen LogP contribution in [0.3, 0.4) is 0 Å². The van der Waals surface area contributed by atoms with Gasteiger partial charge in [-0.3, -0.25) is 0 Å². The highest BCUT2D eigenvalue weighted by Crippen LogP contribution is 2.38. The molecule has 0 fully saturated rings. The van der Waals surface area contributed by atoms with Crippen LogP contribution in [0, 0.1) is 0 Å². The van der Waals surface area contributed by atoms with E-state index in [0.29, 0.717) is 17.7 Å². The van der Waals surface area contributed by atoms with Crippen molar-refractivity contribution in [1.29, 1.82) is 0 Å². The van der Waals surface area contributed by atoms with Crippen LogP contribution in [0.25, 0.3) is 10.9 Å². The lowest BCUT2D eigenvalue weighted by atomic mass is 10.00. The number of aromatic nitrogens is 1. The predicted octanol–water partition coefficient (Wildman–Crippen LogP) is 5.46. The van der Waals surface area contributed by atoms with Crippen LogP contribution < -0.4 is 5.32 Å². The number of nitrogens with one attached hydrogen (secondary N) is 1. The van der Waals surface area contributed by atoms with Gasteiger partial charge >= 0.3 is 6.18 Å². The Morgan fingerprint density at radius 3 is 2.43 bits per heavy atom. The highest BCUT2D eigenvalue weighted by atomic mass is 35.5. The van der Waals surface area contributed by atoms with Crippen LogP contribution in [-0.4, -0.2) is 11.5 Å². The summed E-state index contributed by atoms with van der Waals surface area (Å²) in [6.07, 6.45) is -4.49. The molecule has 2 nitrogen and oxygen atoms in total. The molecule has 114 valence electrons. The third-order valence-electron chi connectivity index (χ3n) is 3.18. The fourth-order valence-electron chi connectivity index (χ4n) is 2.23. The molecule has 21 heavy (non-hydrogen) atoms. The highest BCUT2D eigenvalue weighted by molar-refractivity contribution is 6.31. The van der Waals surface area contributed by atoms with Crippen molar-refractivity contribution in [1.82, 2.24) is 4.98 Å². The molecule has 0 aliphatic carbocycles. The van der Waals surface area contributed by atoms with Crippen LogP contribution in [0.2, 0.25) is 5.02 Å². The van der Waals surface area contributed by atoms with Crippen molar-refractivity contribution in [2.75, 3.05) is 11.9 Å². The summed E-state index contributed by atoms with van der Waals surface area (Å²) in [5.74, 6) is 0.636. The molecular weight excluding hydrogens is 301 g/mol. The Kier molecular flexibility index (Phi) is 4.33. The number of halogens is 4. The van der Waals surface area contributed by atoms with E-state index < -0.39 is 11.7 Å². The van der Waals surface area contributed by atoms with E-state index in [4.69, 9.17) is 11.6 Å². The van der Waals surface area contributed by atoms with Gasteiger partial charge in [-0.15, -0.1) is 0 Å². The van der Waals surface area contributed by atoms with Gasteiger partial charge in [0.05, 0.1) is 11.1 Å². The number of hydrogen-bond donors (Lipinski definition) is 1. The lowest BCUT2D eigenvalue weighted by Crippen LogP contribution is -2.10. The van der Waals surface area contributed by atoms with E-state index in [1.54, 1.807) is 6.07 Å². The number of rotatable bonds is 3. The maximum atomic E-state index is 13.2. The SMILES string of the molecule is CCNc1nc2c(C(F)(F)F)cc(Cl)cc2cc1C(C)C. The second kappa shape index (κ2) is 5.72. The first-order valence-corrected chi connectivity index (χ1v) is 7.07. The average Bonchev–Trinajstić information content (AvgIpc) is 2.36. The van der Waals surface area contributed by atoms with Gasteiger partial charge in [0, 0.05) is 17.0 Å². The van der Waals surface area contributed by atoms with Gasteiger partial charge in [-0.1, -0.05) is 25.4 Å². The summed E-state index contributed by atoms with van der Waals surface area (Å²) in [6.45, 7) is 6.41. The first-order chi connectivity index (χ1) is 9.74. The van der Waals surface area contributed by atoms with E-state index in [-0.39, 0.29) is 16.5 Å². The van der Waals surface area contributed by atoms with Gasteiger partial charge in [0.1, 0.15) is 5.82 Å². The van der Waals surface area contributed by atoms with E-state index in [2.05, 4.69) is 10.3 Å². The summed E-state index contributed by atoms with van der Waals surface area (Å²) in [5.41, 5.74) is -0.00792. The molecule has 1 N–H and O–H groups in total. The lowest BCUT2D eigenvalue weighted by Gasteiger charge is -2.17. The Morgan fingerprint density at radius 2 is 1.90 bits per heavy atom. The van der Waals surface area contributed by atoms with Crippen LogP contribution in [0.1, 0.15) is 37.8 Å². The number of nitrogens with zero attached hydrogens (tertiary/aromatic N) is 1. The first kappa shape index (κ1) is 15.9. The van der Waals surface area contributed by atoms with Crippen LogP contribution in [-0.2, 0) is 6.18 Å². The fraction of sp³-hybridized carbons (Fsp3) is 0.400. The molecule has 0 spiro atoms. The largest absolute Gasteiger partial charge is 0.418 e. The smallest absolute Gasteiger partial charge is 0.370 e. The van der Waals surface area contributed by atoms with E-state index in [1.165, 1.54) is 6.07 Å². The summed E-state index contributed by atoms with van der Waals surface area (Å²) < 4.78 is 39.5. The van der Waals surface area contributed by atoms with Gasteiger partial charge in [-0.05, 0) is 36.6 Å². The minimum absolute atomic E-state index is 0.0579. The van der Waals surface area contributed by atoms with E-state index in [9.17, 15) is 13.2 Å². The highest BCUT2D eigenvalue weighted by Gasteiger charge is 2.34. The molecule has 0 saturated carbocycles. The normalized spacial score (nSPS) is 12.2. The summed E-state index contributed by atoms with van der Waals surface area (Å²) in [6, 6.07) is 4.16. The van der Waals surface area contributed by atoms with Crippen LogP contribution in [0.5, 0.6) is 0 Å². The zero-order valence-corrected chi connectivity index (χ0v) is 12.7. The van der Waals surface area contributed by atoms with Crippen molar-refractivity contribution >= 4 is 28.3 Å². The van der Waals surface area contributed by atoms with Gasteiger partial charge in [0.15, 0.2) is 0 Å². The van der Waals surface area contributed by atoms with Crippen LogP contribution in [0.15, 0.2) is 18.2 Å². The van der Waals surface area contributed by atoms with Gasteiger partial charge in [0.2, 0.25) is 0 Å². The molecule has 0 amide bonds. The van der Waals surface area contributed by atoms with Crippen molar-refractivity contribution < 1.29 is 13.2 Å². The molecule has 2 rings (SSSR count). The van der Waals surface area contributed by atoms with Crippen molar-refractivity contribution in [3.63, 3.8) is 0 Å². The molecule has 0 radical (unpaired) electrons. The standard InChI is InChI=1S/C15H16ClF3N2/c1-4-20-14-11(8(2)3)6-9-5-10(16)7-12(13(9)21-14)15(17,18)19/h5-8H,4H2,1-3H3,(H,20,21). The zero-order chi connectivity index (χ0) is 15.8. The Balaban J connectivity index is 2.81. The van der Waals surface area contributed by atoms with Gasteiger partial charge < -0.3 is 5.32 Å². The third-order valence-corrected chi connectivity index (χ3v) is 3.40. The molecule has 0 aliphatic rings. The van der Waals surface area contributed by atoms with Crippen LogP contribution in [0.4, 0.5) is 19.0 Å². The molecule has 1 heterocycles. The molecular formula is C15H16ClF3N2. The summed E-state index contributed by atoms with van der Waals surface area (Å²) in [5, 5.41) is 3.49. The number of benzene rings is 1.